The Hall–Kier alpha value is -1.30. The standard InChI is InChI=1S/C12H24N2O4/c1-12(2,3)9(6-8-15)14-11(18)13-7-4-5-10(16)17/h9,15H,4-8H2,1-3H3,(H,16,17)(H2,13,14,18). The molecule has 1 unspecified atom stereocenters. The number of carboxylic acids is 1. The van der Waals surface area contributed by atoms with Crippen LogP contribution in [0.2, 0.25) is 0 Å². The molecule has 0 fully saturated rings. The normalized spacial score (nSPS) is 12.9. The van der Waals surface area contributed by atoms with E-state index in [1.165, 1.54) is 0 Å². The highest BCUT2D eigenvalue weighted by molar-refractivity contribution is 5.74. The van der Waals surface area contributed by atoms with Crippen LogP contribution in [0.1, 0.15) is 40.0 Å². The summed E-state index contributed by atoms with van der Waals surface area (Å²) in [6, 6.07) is -0.448. The average molecular weight is 260 g/mol. The molecular formula is C12H24N2O4. The quantitative estimate of drug-likeness (QED) is 0.512. The van der Waals surface area contributed by atoms with Gasteiger partial charge in [0.1, 0.15) is 0 Å². The van der Waals surface area contributed by atoms with Crippen molar-refractivity contribution in [2.75, 3.05) is 13.2 Å². The van der Waals surface area contributed by atoms with Crippen LogP contribution in [0.3, 0.4) is 0 Å². The number of urea groups is 1. The van der Waals surface area contributed by atoms with Crippen LogP contribution in [0.4, 0.5) is 4.79 Å². The van der Waals surface area contributed by atoms with Gasteiger partial charge in [0.2, 0.25) is 0 Å². The molecule has 0 spiro atoms. The van der Waals surface area contributed by atoms with E-state index in [0.29, 0.717) is 19.4 Å². The number of hydrogen-bond acceptors (Lipinski definition) is 3. The molecule has 0 aliphatic rings. The lowest BCUT2D eigenvalue weighted by atomic mass is 9.85. The Bertz CT molecular complexity index is 274. The van der Waals surface area contributed by atoms with Gasteiger partial charge >= 0.3 is 12.0 Å². The fourth-order valence-electron chi connectivity index (χ4n) is 1.50. The summed E-state index contributed by atoms with van der Waals surface area (Å²) in [5, 5.41) is 22.8. The summed E-state index contributed by atoms with van der Waals surface area (Å²) < 4.78 is 0. The minimum atomic E-state index is -0.870. The fourth-order valence-corrected chi connectivity index (χ4v) is 1.50. The molecule has 0 aromatic carbocycles. The first-order valence-corrected chi connectivity index (χ1v) is 6.14. The van der Waals surface area contributed by atoms with Crippen LogP contribution < -0.4 is 10.6 Å². The van der Waals surface area contributed by atoms with Gasteiger partial charge in [0.25, 0.3) is 0 Å². The van der Waals surface area contributed by atoms with Crippen molar-refractivity contribution in [3.8, 4) is 0 Å². The Morgan fingerprint density at radius 1 is 1.28 bits per heavy atom. The molecule has 0 aromatic rings. The zero-order valence-electron chi connectivity index (χ0n) is 11.3. The second-order valence-corrected chi connectivity index (χ2v) is 5.33. The van der Waals surface area contributed by atoms with E-state index in [1.807, 2.05) is 20.8 Å². The van der Waals surface area contributed by atoms with Crippen molar-refractivity contribution in [2.45, 2.75) is 46.1 Å². The lowest BCUT2D eigenvalue weighted by Gasteiger charge is -2.31. The molecule has 1 atom stereocenters. The van der Waals surface area contributed by atoms with Crippen molar-refractivity contribution in [3.05, 3.63) is 0 Å². The zero-order chi connectivity index (χ0) is 14.2. The summed E-state index contributed by atoms with van der Waals surface area (Å²) >= 11 is 0. The summed E-state index contributed by atoms with van der Waals surface area (Å²) in [7, 11) is 0. The van der Waals surface area contributed by atoms with E-state index in [4.69, 9.17) is 10.2 Å². The van der Waals surface area contributed by atoms with Crippen molar-refractivity contribution in [2.24, 2.45) is 5.41 Å². The second-order valence-electron chi connectivity index (χ2n) is 5.33. The van der Waals surface area contributed by atoms with Gasteiger partial charge in [-0.3, -0.25) is 4.79 Å². The molecule has 106 valence electrons. The summed E-state index contributed by atoms with van der Waals surface area (Å²) in [5.41, 5.74) is -0.138. The smallest absolute Gasteiger partial charge is 0.315 e. The first-order valence-electron chi connectivity index (χ1n) is 6.14. The fraction of sp³-hybridized carbons (Fsp3) is 0.833. The van der Waals surface area contributed by atoms with Gasteiger partial charge in [0.15, 0.2) is 0 Å². The predicted molar refractivity (Wildman–Crippen MR) is 68.4 cm³/mol. The number of aliphatic hydroxyl groups excluding tert-OH is 1. The van der Waals surface area contributed by atoms with E-state index >= 15 is 0 Å². The van der Waals surface area contributed by atoms with Crippen LogP contribution in [-0.2, 0) is 4.79 Å². The van der Waals surface area contributed by atoms with E-state index in [1.54, 1.807) is 0 Å². The van der Waals surface area contributed by atoms with Gasteiger partial charge in [-0.05, 0) is 18.3 Å². The number of carboxylic acid groups (broad SMARTS) is 1. The molecule has 6 heteroatoms. The summed E-state index contributed by atoms with van der Waals surface area (Å²) in [4.78, 5) is 21.9. The van der Waals surface area contributed by atoms with E-state index in [0.717, 1.165) is 0 Å². The van der Waals surface area contributed by atoms with Crippen molar-refractivity contribution in [3.63, 3.8) is 0 Å². The number of aliphatic carboxylic acids is 1. The topological polar surface area (TPSA) is 98.7 Å². The number of rotatable bonds is 7. The molecule has 0 bridgehead atoms. The Labute approximate surface area is 108 Å². The molecule has 0 rings (SSSR count). The number of hydrogen-bond donors (Lipinski definition) is 4. The minimum Gasteiger partial charge on any atom is -0.481 e. The lowest BCUT2D eigenvalue weighted by molar-refractivity contribution is -0.137. The second kappa shape index (κ2) is 7.92. The van der Waals surface area contributed by atoms with E-state index in [-0.39, 0.29) is 30.5 Å². The minimum absolute atomic E-state index is 0.0151. The van der Waals surface area contributed by atoms with Gasteiger partial charge in [0.05, 0.1) is 0 Å². The highest BCUT2D eigenvalue weighted by atomic mass is 16.4. The number of nitrogens with one attached hydrogen (secondary N) is 2. The maximum Gasteiger partial charge on any atom is 0.315 e. The number of carbonyl (C=O) groups excluding carboxylic acids is 1. The first-order chi connectivity index (χ1) is 8.27. The van der Waals surface area contributed by atoms with Crippen molar-refractivity contribution in [1.29, 1.82) is 0 Å². The van der Waals surface area contributed by atoms with E-state index in [2.05, 4.69) is 10.6 Å². The van der Waals surface area contributed by atoms with Crippen LogP contribution in [0.25, 0.3) is 0 Å². The Kier molecular flexibility index (Phi) is 7.35. The molecule has 0 heterocycles. The Morgan fingerprint density at radius 2 is 1.89 bits per heavy atom. The Morgan fingerprint density at radius 3 is 2.33 bits per heavy atom. The van der Waals surface area contributed by atoms with Crippen LogP contribution in [-0.4, -0.2) is 41.4 Å². The maximum absolute atomic E-state index is 11.6. The third-order valence-corrected chi connectivity index (χ3v) is 2.62. The molecule has 4 N–H and O–H groups in total. The molecule has 0 radical (unpaired) electrons. The Balaban J connectivity index is 3.99. The van der Waals surface area contributed by atoms with E-state index in [9.17, 15) is 9.59 Å². The first kappa shape index (κ1) is 16.7. The number of carbonyl (C=O) groups is 2. The van der Waals surface area contributed by atoms with Gasteiger partial charge < -0.3 is 20.8 Å². The molecule has 0 aliphatic heterocycles. The highest BCUT2D eigenvalue weighted by Crippen LogP contribution is 2.21. The molecule has 6 nitrogen and oxygen atoms in total. The predicted octanol–water partition coefficient (Wildman–Crippen LogP) is 0.947. The summed E-state index contributed by atoms with van der Waals surface area (Å²) in [6.07, 6.45) is 0.939. The summed E-state index contributed by atoms with van der Waals surface area (Å²) in [5.74, 6) is -0.870. The van der Waals surface area contributed by atoms with Gasteiger partial charge in [0, 0.05) is 25.6 Å². The molecule has 18 heavy (non-hydrogen) atoms. The van der Waals surface area contributed by atoms with Gasteiger partial charge in [-0.1, -0.05) is 20.8 Å². The molecule has 0 saturated heterocycles. The maximum atomic E-state index is 11.6. The van der Waals surface area contributed by atoms with Crippen LogP contribution in [0.15, 0.2) is 0 Å². The molecule has 0 aliphatic carbocycles. The number of aliphatic hydroxyl groups is 1. The van der Waals surface area contributed by atoms with Crippen LogP contribution in [0.5, 0.6) is 0 Å². The van der Waals surface area contributed by atoms with Crippen molar-refractivity contribution in [1.82, 2.24) is 10.6 Å². The average Bonchev–Trinajstić information content (AvgIpc) is 2.22. The van der Waals surface area contributed by atoms with Crippen LogP contribution >= 0.6 is 0 Å². The van der Waals surface area contributed by atoms with Gasteiger partial charge in [-0.2, -0.15) is 0 Å². The third-order valence-electron chi connectivity index (χ3n) is 2.62. The van der Waals surface area contributed by atoms with Crippen molar-refractivity contribution >= 4 is 12.0 Å². The molecule has 2 amide bonds. The van der Waals surface area contributed by atoms with Crippen molar-refractivity contribution < 1.29 is 19.8 Å². The van der Waals surface area contributed by atoms with Gasteiger partial charge in [-0.15, -0.1) is 0 Å². The number of amides is 2. The SMILES string of the molecule is CC(C)(C)C(CCO)NC(=O)NCCCC(=O)O. The summed E-state index contributed by atoms with van der Waals surface area (Å²) in [6.45, 7) is 6.30. The van der Waals surface area contributed by atoms with Crippen LogP contribution in [0, 0.1) is 5.41 Å². The third kappa shape index (κ3) is 7.89. The molecule has 0 saturated carbocycles. The zero-order valence-corrected chi connectivity index (χ0v) is 11.3. The highest BCUT2D eigenvalue weighted by Gasteiger charge is 2.25. The van der Waals surface area contributed by atoms with Gasteiger partial charge in [-0.25, -0.2) is 4.79 Å². The molecular weight excluding hydrogens is 236 g/mol. The lowest BCUT2D eigenvalue weighted by Crippen LogP contribution is -2.48. The monoisotopic (exact) mass is 260 g/mol. The molecule has 0 aromatic heterocycles. The van der Waals surface area contributed by atoms with E-state index < -0.39 is 5.97 Å². The largest absolute Gasteiger partial charge is 0.481 e.